The standard InChI is InChI=1S/C23H19Cl3N4O2/c1-28-18-12-13(24)5-6-17(18)19-20(22(31)29-7-3-2-4-8-29)27-30(23(32)21(19)28)16-10-14(25)9-15(26)11-16/h5-6,9-12H,2-4,7-8H2,1H3. The second-order valence-corrected chi connectivity index (χ2v) is 9.30. The summed E-state index contributed by atoms with van der Waals surface area (Å²) in [6, 6.07) is 10.1. The number of rotatable bonds is 2. The molecule has 4 aromatic rings. The van der Waals surface area contributed by atoms with Crippen LogP contribution in [-0.2, 0) is 7.05 Å². The van der Waals surface area contributed by atoms with Crippen LogP contribution in [0.1, 0.15) is 29.8 Å². The summed E-state index contributed by atoms with van der Waals surface area (Å²) in [6.45, 7) is 1.33. The van der Waals surface area contributed by atoms with Gasteiger partial charge in [0.2, 0.25) is 0 Å². The van der Waals surface area contributed by atoms with Crippen molar-refractivity contribution in [2.75, 3.05) is 13.1 Å². The number of carbonyl (C=O) groups is 1. The van der Waals surface area contributed by atoms with Gasteiger partial charge in [0.15, 0.2) is 5.69 Å². The van der Waals surface area contributed by atoms with E-state index in [1.165, 1.54) is 4.68 Å². The summed E-state index contributed by atoms with van der Waals surface area (Å²) < 4.78 is 2.97. The maximum Gasteiger partial charge on any atom is 0.296 e. The first kappa shape index (κ1) is 21.3. The minimum Gasteiger partial charge on any atom is -0.339 e. The molecular formula is C23H19Cl3N4O2. The van der Waals surface area contributed by atoms with Crippen LogP contribution in [0.2, 0.25) is 15.1 Å². The molecule has 0 spiro atoms. The number of benzene rings is 2. The van der Waals surface area contributed by atoms with Gasteiger partial charge in [0.25, 0.3) is 11.5 Å². The van der Waals surface area contributed by atoms with Gasteiger partial charge in [-0.3, -0.25) is 9.59 Å². The molecule has 3 heterocycles. The van der Waals surface area contributed by atoms with Crippen molar-refractivity contribution >= 4 is 62.5 Å². The van der Waals surface area contributed by atoms with Crippen LogP contribution in [0, 0.1) is 0 Å². The molecule has 1 amide bonds. The highest BCUT2D eigenvalue weighted by molar-refractivity contribution is 6.35. The number of likely N-dealkylation sites (tertiary alicyclic amines) is 1. The van der Waals surface area contributed by atoms with Crippen molar-refractivity contribution < 1.29 is 4.79 Å². The number of hydrogen-bond donors (Lipinski definition) is 0. The van der Waals surface area contributed by atoms with Gasteiger partial charge in [-0.1, -0.05) is 40.9 Å². The summed E-state index contributed by atoms with van der Waals surface area (Å²) in [7, 11) is 1.78. The summed E-state index contributed by atoms with van der Waals surface area (Å²) in [5.74, 6) is -0.195. The maximum absolute atomic E-state index is 13.6. The molecule has 1 aliphatic rings. The topological polar surface area (TPSA) is 60.1 Å². The van der Waals surface area contributed by atoms with Gasteiger partial charge in [0, 0.05) is 46.0 Å². The molecule has 0 aliphatic carbocycles. The summed E-state index contributed by atoms with van der Waals surface area (Å²) in [5.41, 5.74) is 1.37. The van der Waals surface area contributed by atoms with Crippen LogP contribution in [0.15, 0.2) is 41.2 Å². The van der Waals surface area contributed by atoms with Gasteiger partial charge in [-0.25, -0.2) is 0 Å². The molecule has 2 aromatic heterocycles. The zero-order valence-electron chi connectivity index (χ0n) is 17.2. The van der Waals surface area contributed by atoms with E-state index in [1.807, 2.05) is 6.07 Å². The molecule has 5 rings (SSSR count). The zero-order valence-corrected chi connectivity index (χ0v) is 19.5. The van der Waals surface area contributed by atoms with Crippen molar-refractivity contribution in [3.8, 4) is 5.69 Å². The maximum atomic E-state index is 13.6. The van der Waals surface area contributed by atoms with Gasteiger partial charge < -0.3 is 9.47 Å². The number of fused-ring (bicyclic) bond motifs is 3. The highest BCUT2D eigenvalue weighted by Crippen LogP contribution is 2.32. The van der Waals surface area contributed by atoms with Crippen LogP contribution in [0.5, 0.6) is 0 Å². The fourth-order valence-electron chi connectivity index (χ4n) is 4.43. The van der Waals surface area contributed by atoms with Crippen LogP contribution >= 0.6 is 34.8 Å². The molecule has 0 saturated carbocycles. The number of nitrogens with zero attached hydrogens (tertiary/aromatic N) is 4. The molecule has 2 aromatic carbocycles. The average molecular weight is 490 g/mol. The summed E-state index contributed by atoms with van der Waals surface area (Å²) in [5, 5.41) is 7.14. The predicted octanol–water partition coefficient (Wildman–Crippen LogP) is 5.46. The Hall–Kier alpha value is -2.54. The number of halogens is 3. The molecule has 0 N–H and O–H groups in total. The molecule has 1 saturated heterocycles. The van der Waals surface area contributed by atoms with Crippen molar-refractivity contribution in [1.82, 2.24) is 19.2 Å². The number of hydrogen-bond acceptors (Lipinski definition) is 3. The van der Waals surface area contributed by atoms with Gasteiger partial charge >= 0.3 is 0 Å². The molecule has 0 atom stereocenters. The van der Waals surface area contributed by atoms with Crippen molar-refractivity contribution in [1.29, 1.82) is 0 Å². The smallest absolute Gasteiger partial charge is 0.296 e. The Kier molecular flexibility index (Phi) is 5.40. The summed E-state index contributed by atoms with van der Waals surface area (Å²) in [6.07, 6.45) is 2.99. The lowest BCUT2D eigenvalue weighted by molar-refractivity contribution is 0.0718. The Balaban J connectivity index is 1.88. The Bertz CT molecular complexity index is 1430. The monoisotopic (exact) mass is 488 g/mol. The summed E-state index contributed by atoms with van der Waals surface area (Å²) >= 11 is 18.6. The molecule has 0 unspecified atom stereocenters. The Morgan fingerprint density at radius 3 is 2.31 bits per heavy atom. The largest absolute Gasteiger partial charge is 0.339 e. The normalized spacial score (nSPS) is 14.4. The summed E-state index contributed by atoms with van der Waals surface area (Å²) in [4.78, 5) is 29.0. The molecule has 0 bridgehead atoms. The number of piperidine rings is 1. The molecule has 32 heavy (non-hydrogen) atoms. The van der Waals surface area contributed by atoms with E-state index < -0.39 is 0 Å². The van der Waals surface area contributed by atoms with Gasteiger partial charge in [-0.05, 0) is 49.6 Å². The van der Waals surface area contributed by atoms with Crippen molar-refractivity contribution in [2.24, 2.45) is 7.05 Å². The van der Waals surface area contributed by atoms with Crippen LogP contribution in [0.3, 0.4) is 0 Å². The lowest BCUT2D eigenvalue weighted by Gasteiger charge is -2.26. The van der Waals surface area contributed by atoms with Crippen molar-refractivity contribution in [3.63, 3.8) is 0 Å². The van der Waals surface area contributed by atoms with E-state index in [0.717, 1.165) is 30.2 Å². The Labute approximate surface area is 198 Å². The SMILES string of the molecule is Cn1c2cc(Cl)ccc2c2c(C(=O)N3CCCCC3)nn(-c3cc(Cl)cc(Cl)c3)c(=O)c21. The molecular weight excluding hydrogens is 471 g/mol. The third kappa shape index (κ3) is 3.47. The van der Waals surface area contributed by atoms with Crippen LogP contribution in [0.25, 0.3) is 27.5 Å². The molecule has 9 heteroatoms. The molecule has 6 nitrogen and oxygen atoms in total. The van der Waals surface area contributed by atoms with E-state index in [9.17, 15) is 9.59 Å². The highest BCUT2D eigenvalue weighted by Gasteiger charge is 2.27. The first-order valence-electron chi connectivity index (χ1n) is 10.3. The number of amides is 1. The van der Waals surface area contributed by atoms with Crippen LogP contribution in [-0.4, -0.2) is 38.2 Å². The number of aryl methyl sites for hydroxylation is 1. The van der Waals surface area contributed by atoms with E-state index in [-0.39, 0.29) is 17.2 Å². The van der Waals surface area contributed by atoms with Crippen molar-refractivity contribution in [3.05, 3.63) is 67.5 Å². The fraction of sp³-hybridized carbons (Fsp3) is 0.261. The lowest BCUT2D eigenvalue weighted by Crippen LogP contribution is -2.37. The van der Waals surface area contributed by atoms with Gasteiger partial charge in [0.05, 0.1) is 11.2 Å². The first-order chi connectivity index (χ1) is 15.3. The first-order valence-corrected chi connectivity index (χ1v) is 11.5. The van der Waals surface area contributed by atoms with E-state index in [1.54, 1.807) is 46.8 Å². The van der Waals surface area contributed by atoms with Gasteiger partial charge in [0.1, 0.15) is 5.52 Å². The second kappa shape index (κ2) is 8.10. The van der Waals surface area contributed by atoms with E-state index in [4.69, 9.17) is 34.8 Å². The molecule has 1 aliphatic heterocycles. The zero-order chi connectivity index (χ0) is 22.6. The second-order valence-electron chi connectivity index (χ2n) is 7.99. The van der Waals surface area contributed by atoms with Gasteiger partial charge in [-0.2, -0.15) is 9.78 Å². The minimum absolute atomic E-state index is 0.195. The quantitative estimate of drug-likeness (QED) is 0.375. The molecule has 0 radical (unpaired) electrons. The van der Waals surface area contributed by atoms with E-state index >= 15 is 0 Å². The fourth-order valence-corrected chi connectivity index (χ4v) is 5.11. The predicted molar refractivity (Wildman–Crippen MR) is 129 cm³/mol. The van der Waals surface area contributed by atoms with Crippen molar-refractivity contribution in [2.45, 2.75) is 19.3 Å². The lowest BCUT2D eigenvalue weighted by atomic mass is 10.1. The van der Waals surface area contributed by atoms with Gasteiger partial charge in [-0.15, -0.1) is 0 Å². The molecule has 1 fully saturated rings. The Morgan fingerprint density at radius 1 is 0.938 bits per heavy atom. The third-order valence-electron chi connectivity index (χ3n) is 5.93. The van der Waals surface area contributed by atoms with E-state index in [0.29, 0.717) is 44.7 Å². The minimum atomic E-state index is -0.372. The Morgan fingerprint density at radius 2 is 1.62 bits per heavy atom. The third-order valence-corrected chi connectivity index (χ3v) is 6.60. The number of carbonyl (C=O) groups excluding carboxylic acids is 1. The van der Waals surface area contributed by atoms with Crippen LogP contribution in [0.4, 0.5) is 0 Å². The number of aromatic nitrogens is 3. The highest BCUT2D eigenvalue weighted by atomic mass is 35.5. The van der Waals surface area contributed by atoms with E-state index in [2.05, 4.69) is 5.10 Å². The van der Waals surface area contributed by atoms with Crippen LogP contribution < -0.4 is 5.56 Å². The molecule has 164 valence electrons. The average Bonchev–Trinajstić information content (AvgIpc) is 3.06.